The molecule has 0 amide bonds. The molecular weight excluding hydrogens is 420 g/mol. The molecule has 3 aromatic carbocycles. The number of hydrogen-bond donors (Lipinski definition) is 0. The maximum atomic E-state index is 11.4. The fourth-order valence-electron chi connectivity index (χ4n) is 3.63. The van der Waals surface area contributed by atoms with Crippen molar-refractivity contribution in [2.75, 3.05) is 0 Å². The zero-order chi connectivity index (χ0) is 20.8. The number of thioether (sulfide) groups is 2. The fourth-order valence-corrected chi connectivity index (χ4v) is 6.04. The van der Waals surface area contributed by atoms with E-state index in [1.165, 1.54) is 23.9 Å². The van der Waals surface area contributed by atoms with E-state index in [2.05, 4.69) is 5.41 Å². The first-order valence-electron chi connectivity index (χ1n) is 8.95. The molecule has 8 heteroatoms. The minimum absolute atomic E-state index is 0.00149. The van der Waals surface area contributed by atoms with Crippen LogP contribution in [0.2, 0.25) is 0 Å². The van der Waals surface area contributed by atoms with Crippen LogP contribution < -0.4 is 0 Å². The molecule has 1 aliphatic carbocycles. The van der Waals surface area contributed by atoms with Crippen LogP contribution in [-0.4, -0.2) is 9.85 Å². The average molecular weight is 432 g/mol. The Morgan fingerprint density at radius 2 is 1.27 bits per heavy atom. The number of non-ortho nitro benzene ring substituents is 2. The van der Waals surface area contributed by atoms with E-state index in [0.717, 1.165) is 42.5 Å². The fraction of sp³-hybridized carbons (Fsp3) is 0. The molecule has 0 N–H and O–H groups in total. The van der Waals surface area contributed by atoms with Gasteiger partial charge in [-0.1, -0.05) is 53.9 Å². The second-order valence-electron chi connectivity index (χ2n) is 6.70. The van der Waals surface area contributed by atoms with E-state index in [0.29, 0.717) is 0 Å². The third-order valence-electron chi connectivity index (χ3n) is 4.99. The standard InChI is InChI=1S/C22H12N2O4S2/c25-23(26)14-6-8-16-17-9-7-15(24(27)28)11-19(17)21(18(16)10-14)22-29-12-20(30-22)13-4-2-1-3-5-13/h1-12H. The minimum atomic E-state index is -0.420. The van der Waals surface area contributed by atoms with Crippen LogP contribution in [0.3, 0.4) is 0 Å². The molecular formula is C22H12N2O4S2. The highest BCUT2D eigenvalue weighted by Gasteiger charge is 2.31. The number of rotatable bonds is 3. The molecule has 146 valence electrons. The van der Waals surface area contributed by atoms with Gasteiger partial charge in [-0.2, -0.15) is 0 Å². The van der Waals surface area contributed by atoms with Crippen LogP contribution >= 0.6 is 23.5 Å². The van der Waals surface area contributed by atoms with E-state index in [1.54, 1.807) is 36.0 Å². The monoisotopic (exact) mass is 432 g/mol. The summed E-state index contributed by atoms with van der Waals surface area (Å²) in [6, 6.07) is 19.5. The molecule has 5 rings (SSSR count). The number of nitro groups is 2. The summed E-state index contributed by atoms with van der Waals surface area (Å²) in [5.74, 6) is 0. The van der Waals surface area contributed by atoms with Crippen molar-refractivity contribution in [1.82, 2.24) is 0 Å². The molecule has 1 heterocycles. The van der Waals surface area contributed by atoms with Crippen molar-refractivity contribution in [2.24, 2.45) is 0 Å². The van der Waals surface area contributed by atoms with E-state index in [1.807, 2.05) is 30.3 Å². The summed E-state index contributed by atoms with van der Waals surface area (Å²) in [6.07, 6.45) is 0. The van der Waals surface area contributed by atoms with Gasteiger partial charge in [0.1, 0.15) is 0 Å². The number of nitrogens with zero attached hydrogens (tertiary/aromatic N) is 2. The number of hydrogen-bond acceptors (Lipinski definition) is 6. The highest BCUT2D eigenvalue weighted by atomic mass is 32.2. The van der Waals surface area contributed by atoms with Crippen molar-refractivity contribution in [2.45, 2.75) is 0 Å². The molecule has 0 bridgehead atoms. The molecule has 0 aromatic heterocycles. The van der Waals surface area contributed by atoms with Gasteiger partial charge < -0.3 is 0 Å². The van der Waals surface area contributed by atoms with E-state index in [-0.39, 0.29) is 11.4 Å². The van der Waals surface area contributed by atoms with E-state index < -0.39 is 9.85 Å². The average Bonchev–Trinajstić information content (AvgIpc) is 3.35. The molecule has 0 saturated carbocycles. The third kappa shape index (κ3) is 3.01. The molecule has 30 heavy (non-hydrogen) atoms. The molecule has 0 saturated heterocycles. The lowest BCUT2D eigenvalue weighted by Crippen LogP contribution is -1.91. The van der Waals surface area contributed by atoms with Gasteiger partial charge in [0.25, 0.3) is 11.4 Å². The van der Waals surface area contributed by atoms with Crippen LogP contribution in [0.25, 0.3) is 21.6 Å². The Morgan fingerprint density at radius 3 is 1.80 bits per heavy atom. The Labute approximate surface area is 179 Å². The molecule has 0 unspecified atom stereocenters. The van der Waals surface area contributed by atoms with Gasteiger partial charge in [-0.25, -0.2) is 0 Å². The van der Waals surface area contributed by atoms with E-state index >= 15 is 0 Å². The summed E-state index contributed by atoms with van der Waals surface area (Å²) in [7, 11) is 0. The summed E-state index contributed by atoms with van der Waals surface area (Å²) in [5, 5.41) is 24.8. The van der Waals surface area contributed by atoms with Gasteiger partial charge >= 0.3 is 0 Å². The first-order chi connectivity index (χ1) is 14.5. The topological polar surface area (TPSA) is 86.3 Å². The van der Waals surface area contributed by atoms with Gasteiger partial charge in [-0.15, -0.1) is 0 Å². The van der Waals surface area contributed by atoms with Crippen molar-refractivity contribution in [3.63, 3.8) is 0 Å². The maximum Gasteiger partial charge on any atom is 0.270 e. The zero-order valence-electron chi connectivity index (χ0n) is 15.3. The second-order valence-corrected chi connectivity index (χ2v) is 8.89. The predicted octanol–water partition coefficient (Wildman–Crippen LogP) is 6.68. The van der Waals surface area contributed by atoms with E-state index in [4.69, 9.17) is 0 Å². The summed E-state index contributed by atoms with van der Waals surface area (Å²) in [4.78, 5) is 23.0. The second kappa shape index (κ2) is 7.16. The minimum Gasteiger partial charge on any atom is -0.258 e. The SMILES string of the molecule is O=[N+]([O-])c1ccc2c(c1)C(=C1SC=C(c3ccccc3)S1)c1cc([N+](=O)[O-])ccc1-2. The number of benzene rings is 3. The summed E-state index contributed by atoms with van der Waals surface area (Å²) in [5.41, 5.74) is 5.06. The highest BCUT2D eigenvalue weighted by molar-refractivity contribution is 8.31. The van der Waals surface area contributed by atoms with Crippen LogP contribution in [0.5, 0.6) is 0 Å². The lowest BCUT2D eigenvalue weighted by Gasteiger charge is -2.08. The van der Waals surface area contributed by atoms with E-state index in [9.17, 15) is 20.2 Å². The Balaban J connectivity index is 1.69. The Hall–Kier alpha value is -3.36. The predicted molar refractivity (Wildman–Crippen MR) is 121 cm³/mol. The largest absolute Gasteiger partial charge is 0.270 e. The van der Waals surface area contributed by atoms with Gasteiger partial charge in [-0.3, -0.25) is 20.2 Å². The van der Waals surface area contributed by atoms with Crippen molar-refractivity contribution in [1.29, 1.82) is 0 Å². The van der Waals surface area contributed by atoms with Gasteiger partial charge in [0.05, 0.1) is 14.1 Å². The summed E-state index contributed by atoms with van der Waals surface area (Å²) < 4.78 is 0.954. The van der Waals surface area contributed by atoms with Gasteiger partial charge in [0, 0.05) is 34.7 Å². The van der Waals surface area contributed by atoms with Crippen LogP contribution in [0.15, 0.2) is 76.4 Å². The maximum absolute atomic E-state index is 11.4. The molecule has 2 aliphatic rings. The molecule has 6 nitrogen and oxygen atoms in total. The quantitative estimate of drug-likeness (QED) is 0.265. The van der Waals surface area contributed by atoms with Crippen molar-refractivity contribution >= 4 is 45.4 Å². The Bertz CT molecular complexity index is 1230. The van der Waals surface area contributed by atoms with Gasteiger partial charge in [0.15, 0.2) is 0 Å². The van der Waals surface area contributed by atoms with Crippen molar-refractivity contribution in [3.05, 3.63) is 113 Å². The van der Waals surface area contributed by atoms with Crippen LogP contribution in [0.1, 0.15) is 16.7 Å². The molecule has 0 fully saturated rings. The van der Waals surface area contributed by atoms with Crippen molar-refractivity contribution < 1.29 is 9.85 Å². The molecule has 0 atom stereocenters. The van der Waals surface area contributed by atoms with Gasteiger partial charge in [0.2, 0.25) is 0 Å². The number of nitro benzene ring substituents is 2. The first-order valence-corrected chi connectivity index (χ1v) is 10.6. The third-order valence-corrected chi connectivity index (χ3v) is 7.42. The molecule has 3 aromatic rings. The highest BCUT2D eigenvalue weighted by Crippen LogP contribution is 2.57. The smallest absolute Gasteiger partial charge is 0.258 e. The first kappa shape index (κ1) is 18.7. The van der Waals surface area contributed by atoms with Gasteiger partial charge in [-0.05, 0) is 45.4 Å². The lowest BCUT2D eigenvalue weighted by molar-refractivity contribution is -0.385. The normalized spacial score (nSPS) is 14.3. The number of fused-ring (bicyclic) bond motifs is 3. The molecule has 1 aliphatic heterocycles. The lowest BCUT2D eigenvalue weighted by atomic mass is 10.1. The Morgan fingerprint density at radius 1 is 0.700 bits per heavy atom. The summed E-state index contributed by atoms with van der Waals surface area (Å²) >= 11 is 3.12. The summed E-state index contributed by atoms with van der Waals surface area (Å²) in [6.45, 7) is 0. The van der Waals surface area contributed by atoms with Crippen molar-refractivity contribution in [3.8, 4) is 11.1 Å². The molecule has 0 spiro atoms. The van der Waals surface area contributed by atoms with Crippen LogP contribution in [-0.2, 0) is 0 Å². The Kier molecular flexibility index (Phi) is 4.45. The van der Waals surface area contributed by atoms with Crippen LogP contribution in [0, 0.1) is 20.2 Å². The zero-order valence-corrected chi connectivity index (χ0v) is 16.9. The molecule has 0 radical (unpaired) electrons. The van der Waals surface area contributed by atoms with Crippen LogP contribution in [0.4, 0.5) is 11.4 Å².